The van der Waals surface area contributed by atoms with Crippen LogP contribution < -0.4 is 14.8 Å². The van der Waals surface area contributed by atoms with Crippen LogP contribution >= 0.6 is 0 Å². The first-order valence-corrected chi connectivity index (χ1v) is 11.8. The van der Waals surface area contributed by atoms with Crippen LogP contribution in [0.2, 0.25) is 0 Å². The highest BCUT2D eigenvalue weighted by molar-refractivity contribution is 5.89. The molecule has 3 aliphatic carbocycles. The Morgan fingerprint density at radius 1 is 1.20 bits per heavy atom. The fourth-order valence-electron chi connectivity index (χ4n) is 6.36. The van der Waals surface area contributed by atoms with Crippen molar-refractivity contribution in [2.24, 2.45) is 17.3 Å². The summed E-state index contributed by atoms with van der Waals surface area (Å²) in [6, 6.07) is 5.34. The number of carbonyl (C=O) groups is 2. The molecule has 0 saturated heterocycles. The predicted octanol–water partition coefficient (Wildman–Crippen LogP) is 5.55. The minimum atomic E-state index is -5.00. The van der Waals surface area contributed by atoms with Gasteiger partial charge in [-0.2, -0.15) is 4.98 Å². The molecule has 2 fully saturated rings. The number of carbonyl (C=O) groups excluding carboxylic acids is 2. The molecular formula is C25H26F3N3O4. The molecule has 1 amide bonds. The van der Waals surface area contributed by atoms with Crippen LogP contribution in [0.4, 0.5) is 18.9 Å². The van der Waals surface area contributed by atoms with Crippen molar-refractivity contribution in [1.29, 1.82) is 0 Å². The third-order valence-corrected chi connectivity index (χ3v) is 7.87. The zero-order chi connectivity index (χ0) is 25.0. The minimum absolute atomic E-state index is 0.182. The highest BCUT2D eigenvalue weighted by atomic mass is 19.4. The lowest BCUT2D eigenvalue weighted by Crippen LogP contribution is -2.42. The maximum atomic E-state index is 12.8. The summed E-state index contributed by atoms with van der Waals surface area (Å²) in [5.74, 6) is 0.698. The normalized spacial score (nSPS) is 27.5. The van der Waals surface area contributed by atoms with Crippen molar-refractivity contribution >= 4 is 17.4 Å². The van der Waals surface area contributed by atoms with Gasteiger partial charge in [-0.25, -0.2) is 4.98 Å². The molecule has 3 aliphatic rings. The van der Waals surface area contributed by atoms with E-state index in [0.29, 0.717) is 35.7 Å². The topological polar surface area (TPSA) is 90.4 Å². The van der Waals surface area contributed by atoms with E-state index in [4.69, 9.17) is 4.74 Å². The number of amides is 1. The Hall–Kier alpha value is -3.17. The SMILES string of the molecule is CC(=O)Nc1cnc(Oc2ccc3c(c2)CC[C@@H]2[C@@H]3CC[C@]3(C)C(=O)CC[C@@H]23)nc1OC(F)(F)F. The van der Waals surface area contributed by atoms with E-state index in [-0.39, 0.29) is 17.1 Å². The van der Waals surface area contributed by atoms with E-state index in [0.717, 1.165) is 50.8 Å². The number of aryl methyl sites for hydroxylation is 1. The van der Waals surface area contributed by atoms with Crippen molar-refractivity contribution in [1.82, 2.24) is 9.97 Å². The molecule has 0 spiro atoms. The lowest BCUT2D eigenvalue weighted by molar-refractivity contribution is -0.275. The third kappa shape index (κ3) is 4.46. The molecule has 1 aromatic heterocycles. The number of benzene rings is 1. The number of alkyl halides is 3. The van der Waals surface area contributed by atoms with Crippen molar-refractivity contribution < 1.29 is 32.2 Å². The summed E-state index contributed by atoms with van der Waals surface area (Å²) in [6.45, 7) is 3.29. The molecule has 35 heavy (non-hydrogen) atoms. The molecule has 4 atom stereocenters. The summed E-state index contributed by atoms with van der Waals surface area (Å²) in [5.41, 5.74) is 1.91. The Balaban J connectivity index is 1.37. The Morgan fingerprint density at radius 3 is 2.74 bits per heavy atom. The summed E-state index contributed by atoms with van der Waals surface area (Å²) in [7, 11) is 0. The Bertz CT molecular complexity index is 1190. The number of hydrogen-bond donors (Lipinski definition) is 1. The van der Waals surface area contributed by atoms with Gasteiger partial charge in [0.1, 0.15) is 17.2 Å². The first-order valence-electron chi connectivity index (χ1n) is 11.8. The van der Waals surface area contributed by atoms with Crippen LogP contribution in [-0.4, -0.2) is 28.0 Å². The van der Waals surface area contributed by atoms with Crippen LogP contribution in [0.5, 0.6) is 17.6 Å². The van der Waals surface area contributed by atoms with Crippen LogP contribution in [-0.2, 0) is 16.0 Å². The van der Waals surface area contributed by atoms with Crippen LogP contribution in [0.25, 0.3) is 0 Å². The molecule has 1 heterocycles. The number of rotatable bonds is 4. The quantitative estimate of drug-likeness (QED) is 0.606. The fourth-order valence-corrected chi connectivity index (χ4v) is 6.36. The highest BCUT2D eigenvalue weighted by Gasteiger charge is 2.54. The molecule has 1 N–H and O–H groups in total. The zero-order valence-corrected chi connectivity index (χ0v) is 19.4. The second-order valence-electron chi connectivity index (χ2n) is 9.90. The van der Waals surface area contributed by atoms with E-state index < -0.39 is 18.1 Å². The van der Waals surface area contributed by atoms with Crippen LogP contribution in [0, 0.1) is 17.3 Å². The lowest BCUT2D eigenvalue weighted by Gasteiger charge is -2.48. The number of ether oxygens (including phenoxy) is 2. The van der Waals surface area contributed by atoms with Gasteiger partial charge in [0.05, 0.1) is 6.20 Å². The van der Waals surface area contributed by atoms with Gasteiger partial charge < -0.3 is 14.8 Å². The second-order valence-corrected chi connectivity index (χ2v) is 9.90. The first-order chi connectivity index (χ1) is 16.5. The van der Waals surface area contributed by atoms with Gasteiger partial charge in [-0.1, -0.05) is 13.0 Å². The Kier molecular flexibility index (Phi) is 5.72. The molecule has 0 bridgehead atoms. The van der Waals surface area contributed by atoms with Gasteiger partial charge in [-0.05, 0) is 73.1 Å². The molecule has 0 unspecified atom stereocenters. The summed E-state index contributed by atoms with van der Waals surface area (Å²) >= 11 is 0. The molecule has 0 aliphatic heterocycles. The number of ketones is 1. The third-order valence-electron chi connectivity index (χ3n) is 7.87. The summed E-state index contributed by atoms with van der Waals surface area (Å²) in [4.78, 5) is 31.4. The first kappa shape index (κ1) is 23.6. The van der Waals surface area contributed by atoms with Crippen LogP contribution in [0.1, 0.15) is 63.0 Å². The average Bonchev–Trinajstić information content (AvgIpc) is 3.08. The maximum Gasteiger partial charge on any atom is 0.574 e. The standard InChI is InChI=1S/C25H26F3N3O4/c1-13(32)30-20-12-29-23(31-22(20)35-25(26,27)28)34-15-4-6-16-14(11-15)3-5-18-17(16)9-10-24(2)19(18)7-8-21(24)33/h4,6,11-12,17-19H,3,5,7-10H2,1-2H3,(H,30,32)/t17-,18-,19+,24+/m1/s1. The molecule has 1 aromatic carbocycles. The van der Waals surface area contributed by atoms with Crippen LogP contribution in [0.15, 0.2) is 24.4 Å². The minimum Gasteiger partial charge on any atom is -0.424 e. The predicted molar refractivity (Wildman–Crippen MR) is 119 cm³/mol. The molecule has 5 rings (SSSR count). The number of hydrogen-bond acceptors (Lipinski definition) is 6. The van der Waals surface area contributed by atoms with Crippen molar-refractivity contribution in [3.05, 3.63) is 35.5 Å². The number of fused-ring (bicyclic) bond motifs is 5. The largest absolute Gasteiger partial charge is 0.574 e. The van der Waals surface area contributed by atoms with Crippen molar-refractivity contribution in [2.75, 3.05) is 5.32 Å². The fraction of sp³-hybridized carbons (Fsp3) is 0.520. The van der Waals surface area contributed by atoms with Crippen LogP contribution in [0.3, 0.4) is 0 Å². The van der Waals surface area contributed by atoms with E-state index in [1.165, 1.54) is 5.56 Å². The monoisotopic (exact) mass is 489 g/mol. The highest BCUT2D eigenvalue weighted by Crippen LogP contribution is 2.59. The maximum absolute atomic E-state index is 12.8. The Labute approximate surface area is 200 Å². The second kappa shape index (κ2) is 8.49. The number of nitrogens with zero attached hydrogens (tertiary/aromatic N) is 2. The van der Waals surface area contributed by atoms with E-state index in [1.54, 1.807) is 6.07 Å². The molecule has 7 nitrogen and oxygen atoms in total. The number of halogens is 3. The van der Waals surface area contributed by atoms with Crippen molar-refractivity contribution in [2.45, 2.75) is 64.7 Å². The Morgan fingerprint density at radius 2 is 2.00 bits per heavy atom. The molecule has 0 radical (unpaired) electrons. The zero-order valence-electron chi connectivity index (χ0n) is 19.4. The van der Waals surface area contributed by atoms with Gasteiger partial charge in [0, 0.05) is 18.8 Å². The smallest absolute Gasteiger partial charge is 0.424 e. The van der Waals surface area contributed by atoms with Gasteiger partial charge in [0.15, 0.2) is 0 Å². The van der Waals surface area contributed by atoms with Crippen molar-refractivity contribution in [3.8, 4) is 17.6 Å². The number of Topliss-reactive ketones (excluding diaryl/α,β-unsaturated/α-hetero) is 1. The molecule has 186 valence electrons. The van der Waals surface area contributed by atoms with E-state index in [1.807, 2.05) is 12.1 Å². The number of aromatic nitrogens is 2. The summed E-state index contributed by atoms with van der Waals surface area (Å²) in [6.07, 6.45) is 1.40. The van der Waals surface area contributed by atoms with E-state index in [2.05, 4.69) is 26.9 Å². The molecule has 2 aromatic rings. The summed E-state index contributed by atoms with van der Waals surface area (Å²) < 4.78 is 48.1. The average molecular weight is 489 g/mol. The van der Waals surface area contributed by atoms with Gasteiger partial charge in [-0.15, -0.1) is 13.2 Å². The van der Waals surface area contributed by atoms with E-state index in [9.17, 15) is 22.8 Å². The molecular weight excluding hydrogens is 463 g/mol. The number of anilines is 1. The van der Waals surface area contributed by atoms with E-state index >= 15 is 0 Å². The lowest BCUT2D eigenvalue weighted by atomic mass is 9.55. The molecule has 2 saturated carbocycles. The van der Waals surface area contributed by atoms with Gasteiger partial charge in [0.2, 0.25) is 5.91 Å². The van der Waals surface area contributed by atoms with Gasteiger partial charge in [-0.3, -0.25) is 9.59 Å². The molecule has 10 heteroatoms. The number of nitrogens with one attached hydrogen (secondary N) is 1. The van der Waals surface area contributed by atoms with Crippen molar-refractivity contribution in [3.63, 3.8) is 0 Å². The van der Waals surface area contributed by atoms with Gasteiger partial charge >= 0.3 is 12.4 Å². The summed E-state index contributed by atoms with van der Waals surface area (Å²) in [5, 5.41) is 2.21. The van der Waals surface area contributed by atoms with Gasteiger partial charge in [0.25, 0.3) is 5.88 Å².